The normalized spacial score (nSPS) is 12.8. The van der Waals surface area contributed by atoms with Crippen molar-refractivity contribution in [1.29, 1.82) is 0 Å². The Balaban J connectivity index is 2.05. The molecule has 1 amide bonds. The van der Waals surface area contributed by atoms with Crippen molar-refractivity contribution in [3.63, 3.8) is 0 Å². The number of likely N-dealkylation sites (N-methyl/N-ethyl adjacent to an activating group) is 1. The number of amides is 1. The first-order valence-corrected chi connectivity index (χ1v) is 9.96. The smallest absolute Gasteiger partial charge is 0.238 e. The zero-order valence-electron chi connectivity index (χ0n) is 14.2. The van der Waals surface area contributed by atoms with Gasteiger partial charge in [-0.15, -0.1) is 0 Å². The van der Waals surface area contributed by atoms with Crippen molar-refractivity contribution < 1.29 is 13.2 Å². The summed E-state index contributed by atoms with van der Waals surface area (Å²) >= 11 is 12.1. The molecule has 140 valence electrons. The van der Waals surface area contributed by atoms with Crippen LogP contribution in [0.25, 0.3) is 0 Å². The summed E-state index contributed by atoms with van der Waals surface area (Å²) in [5.74, 6) is -0.295. The molecular formula is C17H19Cl2N3O3S. The molecule has 6 nitrogen and oxygen atoms in total. The van der Waals surface area contributed by atoms with Gasteiger partial charge in [0, 0.05) is 21.8 Å². The lowest BCUT2D eigenvalue weighted by Gasteiger charge is -2.25. The predicted octanol–water partition coefficient (Wildman–Crippen LogP) is 3.27. The molecule has 0 aliphatic heterocycles. The second kappa shape index (κ2) is 8.37. The molecular weight excluding hydrogens is 397 g/mol. The highest BCUT2D eigenvalue weighted by atomic mass is 35.5. The number of rotatable bonds is 6. The molecule has 0 saturated heterocycles. The minimum Gasteiger partial charge on any atom is -0.325 e. The first kappa shape index (κ1) is 20.7. The molecule has 3 N–H and O–H groups in total. The highest BCUT2D eigenvalue weighted by Gasteiger charge is 2.18. The summed E-state index contributed by atoms with van der Waals surface area (Å²) < 4.78 is 22.8. The quantitative estimate of drug-likeness (QED) is 0.756. The highest BCUT2D eigenvalue weighted by molar-refractivity contribution is 7.89. The number of nitrogens with two attached hydrogens (primary N) is 1. The number of nitrogens with zero attached hydrogens (tertiary/aromatic N) is 1. The van der Waals surface area contributed by atoms with Gasteiger partial charge in [-0.1, -0.05) is 35.3 Å². The Labute approximate surface area is 162 Å². The molecule has 0 aliphatic rings. The molecule has 0 aromatic heterocycles. The minimum absolute atomic E-state index is 0.0648. The number of hydrogen-bond acceptors (Lipinski definition) is 4. The number of anilines is 1. The molecule has 2 rings (SSSR count). The Bertz CT molecular complexity index is 919. The van der Waals surface area contributed by atoms with Crippen LogP contribution in [-0.2, 0) is 14.8 Å². The van der Waals surface area contributed by atoms with E-state index in [0.29, 0.717) is 15.7 Å². The van der Waals surface area contributed by atoms with Crippen molar-refractivity contribution in [3.8, 4) is 0 Å². The van der Waals surface area contributed by atoms with Crippen LogP contribution in [0.15, 0.2) is 47.4 Å². The van der Waals surface area contributed by atoms with Gasteiger partial charge in [-0.3, -0.25) is 9.69 Å². The van der Waals surface area contributed by atoms with E-state index < -0.39 is 10.0 Å². The molecule has 0 heterocycles. The first-order chi connectivity index (χ1) is 12.1. The van der Waals surface area contributed by atoms with Crippen LogP contribution in [-0.4, -0.2) is 32.8 Å². The number of primary sulfonamides is 1. The van der Waals surface area contributed by atoms with E-state index in [1.54, 1.807) is 25.2 Å². The van der Waals surface area contributed by atoms with Crippen molar-refractivity contribution in [3.05, 3.63) is 58.1 Å². The van der Waals surface area contributed by atoms with Crippen LogP contribution >= 0.6 is 23.2 Å². The zero-order valence-corrected chi connectivity index (χ0v) is 16.6. The van der Waals surface area contributed by atoms with E-state index in [1.165, 1.54) is 18.2 Å². The van der Waals surface area contributed by atoms with E-state index >= 15 is 0 Å². The molecule has 0 saturated carbocycles. The standard InChI is InChI=1S/C17H19Cl2N3O3S/c1-11(15-7-6-12(18)8-16(15)19)22(2)10-17(23)21-13-4-3-5-14(9-13)26(20,24)25/h3-9,11H,10H2,1-2H3,(H,21,23)(H2,20,24,25). The van der Waals surface area contributed by atoms with Gasteiger partial charge >= 0.3 is 0 Å². The minimum atomic E-state index is -3.83. The van der Waals surface area contributed by atoms with Crippen molar-refractivity contribution in [1.82, 2.24) is 4.90 Å². The second-order valence-corrected chi connectivity index (χ2v) is 8.28. The van der Waals surface area contributed by atoms with E-state index in [4.69, 9.17) is 28.3 Å². The third-order valence-electron chi connectivity index (χ3n) is 3.91. The van der Waals surface area contributed by atoms with Crippen LogP contribution < -0.4 is 10.5 Å². The molecule has 2 aromatic carbocycles. The number of hydrogen-bond donors (Lipinski definition) is 2. The van der Waals surface area contributed by atoms with Crippen molar-refractivity contribution in [2.75, 3.05) is 18.9 Å². The van der Waals surface area contributed by atoms with Gasteiger partial charge in [-0.2, -0.15) is 0 Å². The van der Waals surface area contributed by atoms with Crippen LogP contribution in [0.5, 0.6) is 0 Å². The molecule has 0 bridgehead atoms. The van der Waals surface area contributed by atoms with Crippen LogP contribution in [0.4, 0.5) is 5.69 Å². The molecule has 0 aliphatic carbocycles. The Hall–Kier alpha value is -1.64. The molecule has 1 atom stereocenters. The SMILES string of the molecule is CC(c1ccc(Cl)cc1Cl)N(C)CC(=O)Nc1cccc(S(N)(=O)=O)c1. The van der Waals surface area contributed by atoms with Crippen LogP contribution in [0.2, 0.25) is 10.0 Å². The molecule has 2 aromatic rings. The number of halogens is 2. The Morgan fingerprint density at radius 1 is 1.23 bits per heavy atom. The maximum Gasteiger partial charge on any atom is 0.238 e. The Kier molecular flexibility index (Phi) is 6.65. The summed E-state index contributed by atoms with van der Waals surface area (Å²) in [6, 6.07) is 10.9. The molecule has 0 spiro atoms. The fourth-order valence-corrected chi connectivity index (χ4v) is 3.52. The third-order valence-corrected chi connectivity index (χ3v) is 5.39. The van der Waals surface area contributed by atoms with E-state index in [-0.39, 0.29) is 23.4 Å². The van der Waals surface area contributed by atoms with Gasteiger partial charge < -0.3 is 5.32 Å². The lowest BCUT2D eigenvalue weighted by Crippen LogP contribution is -2.32. The molecule has 0 radical (unpaired) electrons. The largest absolute Gasteiger partial charge is 0.325 e. The van der Waals surface area contributed by atoms with Gasteiger partial charge in [0.05, 0.1) is 11.4 Å². The molecule has 26 heavy (non-hydrogen) atoms. The summed E-state index contributed by atoms with van der Waals surface area (Å²) in [4.78, 5) is 14.0. The number of carbonyl (C=O) groups excluding carboxylic acids is 1. The summed E-state index contributed by atoms with van der Waals surface area (Å²) in [5.41, 5.74) is 1.20. The number of benzene rings is 2. The molecule has 1 unspecified atom stereocenters. The van der Waals surface area contributed by atoms with E-state index in [9.17, 15) is 13.2 Å². The van der Waals surface area contributed by atoms with Gasteiger partial charge in [0.15, 0.2) is 0 Å². The van der Waals surface area contributed by atoms with E-state index in [2.05, 4.69) is 5.32 Å². The van der Waals surface area contributed by atoms with Gasteiger partial charge in [-0.05, 0) is 49.9 Å². The lowest BCUT2D eigenvalue weighted by atomic mass is 10.1. The van der Waals surface area contributed by atoms with Crippen LogP contribution in [0.1, 0.15) is 18.5 Å². The third kappa shape index (κ3) is 5.43. The number of carbonyl (C=O) groups is 1. The number of nitrogens with one attached hydrogen (secondary N) is 1. The van der Waals surface area contributed by atoms with Gasteiger partial charge in [-0.25, -0.2) is 13.6 Å². The number of sulfonamides is 1. The Morgan fingerprint density at radius 3 is 2.54 bits per heavy atom. The Morgan fingerprint density at radius 2 is 1.92 bits per heavy atom. The van der Waals surface area contributed by atoms with Crippen LogP contribution in [0, 0.1) is 0 Å². The average molecular weight is 416 g/mol. The summed E-state index contributed by atoms with van der Waals surface area (Å²) in [7, 11) is -2.04. The van der Waals surface area contributed by atoms with Crippen molar-refractivity contribution in [2.45, 2.75) is 17.9 Å². The van der Waals surface area contributed by atoms with Gasteiger partial charge in [0.25, 0.3) is 0 Å². The zero-order chi connectivity index (χ0) is 19.5. The summed E-state index contributed by atoms with van der Waals surface area (Å²) in [5, 5.41) is 8.82. The maximum atomic E-state index is 12.3. The fraction of sp³-hybridized carbons (Fsp3) is 0.235. The first-order valence-electron chi connectivity index (χ1n) is 7.66. The van der Waals surface area contributed by atoms with Crippen LogP contribution in [0.3, 0.4) is 0 Å². The second-order valence-electron chi connectivity index (χ2n) is 5.88. The van der Waals surface area contributed by atoms with Crippen molar-refractivity contribution in [2.24, 2.45) is 5.14 Å². The maximum absolute atomic E-state index is 12.3. The highest BCUT2D eigenvalue weighted by Crippen LogP contribution is 2.29. The monoisotopic (exact) mass is 415 g/mol. The summed E-state index contributed by atoms with van der Waals surface area (Å²) in [6.45, 7) is 2.00. The molecule has 0 fully saturated rings. The van der Waals surface area contributed by atoms with E-state index in [0.717, 1.165) is 5.56 Å². The van der Waals surface area contributed by atoms with Gasteiger partial charge in [0.1, 0.15) is 0 Å². The summed E-state index contributed by atoms with van der Waals surface area (Å²) in [6.07, 6.45) is 0. The topological polar surface area (TPSA) is 92.5 Å². The predicted molar refractivity (Wildman–Crippen MR) is 104 cm³/mol. The van der Waals surface area contributed by atoms with Crippen molar-refractivity contribution >= 4 is 44.8 Å². The lowest BCUT2D eigenvalue weighted by molar-refractivity contribution is -0.117. The average Bonchev–Trinajstić information content (AvgIpc) is 2.53. The fourth-order valence-electron chi connectivity index (χ4n) is 2.39. The van der Waals surface area contributed by atoms with E-state index in [1.807, 2.05) is 17.9 Å². The van der Waals surface area contributed by atoms with Gasteiger partial charge in [0.2, 0.25) is 15.9 Å². The molecule has 9 heteroatoms.